The maximum absolute atomic E-state index is 9.07. The van der Waals surface area contributed by atoms with Crippen LogP contribution in [0.1, 0.15) is 5.56 Å². The lowest BCUT2D eigenvalue weighted by molar-refractivity contribution is 0.425. The lowest BCUT2D eigenvalue weighted by atomic mass is 9.78. The number of aromatic nitrogens is 1. The molecule has 0 saturated carbocycles. The van der Waals surface area contributed by atoms with Gasteiger partial charge in [0.2, 0.25) is 0 Å². The van der Waals surface area contributed by atoms with Gasteiger partial charge in [-0.1, -0.05) is 6.58 Å². The van der Waals surface area contributed by atoms with Crippen molar-refractivity contribution < 1.29 is 10.0 Å². The van der Waals surface area contributed by atoms with E-state index in [1.807, 2.05) is 0 Å². The Labute approximate surface area is 83.0 Å². The summed E-state index contributed by atoms with van der Waals surface area (Å²) in [6.07, 6.45) is 3.17. The fraction of sp³-hybridized carbons (Fsp3) is 0.222. The number of nitrogens with zero attached hydrogens (tertiary/aromatic N) is 2. The van der Waals surface area contributed by atoms with Crippen LogP contribution in [0, 0.1) is 6.92 Å². The fourth-order valence-corrected chi connectivity index (χ4v) is 1.27. The van der Waals surface area contributed by atoms with E-state index in [2.05, 4.69) is 11.6 Å². The SMILES string of the molecule is C=Cn1cc(B(O)O)c(C)cc1=NC. The Morgan fingerprint density at radius 2 is 2.21 bits per heavy atom. The van der Waals surface area contributed by atoms with Gasteiger partial charge in [0, 0.05) is 24.9 Å². The lowest BCUT2D eigenvalue weighted by Crippen LogP contribution is -2.36. The quantitative estimate of drug-likeness (QED) is 0.597. The predicted molar refractivity (Wildman–Crippen MR) is 56.9 cm³/mol. The minimum Gasteiger partial charge on any atom is -0.423 e. The van der Waals surface area contributed by atoms with Gasteiger partial charge in [-0.25, -0.2) is 0 Å². The summed E-state index contributed by atoms with van der Waals surface area (Å²) < 4.78 is 1.64. The summed E-state index contributed by atoms with van der Waals surface area (Å²) in [5, 5.41) is 18.1. The van der Waals surface area contributed by atoms with E-state index in [4.69, 9.17) is 10.0 Å². The van der Waals surface area contributed by atoms with Gasteiger partial charge >= 0.3 is 7.12 Å². The third-order valence-corrected chi connectivity index (χ3v) is 2.05. The van der Waals surface area contributed by atoms with E-state index in [0.717, 1.165) is 11.1 Å². The maximum atomic E-state index is 9.07. The van der Waals surface area contributed by atoms with Crippen LogP contribution in [0.4, 0.5) is 0 Å². The number of hydrogen-bond donors (Lipinski definition) is 2. The molecule has 1 aromatic rings. The summed E-state index contributed by atoms with van der Waals surface area (Å²) >= 11 is 0. The van der Waals surface area contributed by atoms with Crippen molar-refractivity contribution in [2.45, 2.75) is 6.92 Å². The molecule has 0 atom stereocenters. The molecular weight excluding hydrogens is 179 g/mol. The molecule has 0 radical (unpaired) electrons. The van der Waals surface area contributed by atoms with E-state index >= 15 is 0 Å². The van der Waals surface area contributed by atoms with Crippen LogP contribution in [0.2, 0.25) is 0 Å². The first-order valence-corrected chi connectivity index (χ1v) is 4.24. The minimum absolute atomic E-state index is 0.456. The maximum Gasteiger partial charge on any atom is 0.490 e. The Kier molecular flexibility index (Phi) is 3.27. The van der Waals surface area contributed by atoms with Crippen molar-refractivity contribution in [3.63, 3.8) is 0 Å². The molecule has 74 valence electrons. The Morgan fingerprint density at radius 1 is 1.57 bits per heavy atom. The number of hydrogen-bond acceptors (Lipinski definition) is 3. The molecule has 0 fully saturated rings. The van der Waals surface area contributed by atoms with Crippen molar-refractivity contribution in [3.8, 4) is 0 Å². The van der Waals surface area contributed by atoms with Gasteiger partial charge in [-0.15, -0.1) is 0 Å². The molecule has 0 aliphatic heterocycles. The van der Waals surface area contributed by atoms with E-state index in [1.54, 1.807) is 37.0 Å². The van der Waals surface area contributed by atoms with Crippen LogP contribution >= 0.6 is 0 Å². The Bertz CT molecular complexity index is 410. The van der Waals surface area contributed by atoms with Gasteiger partial charge in [0.1, 0.15) is 5.49 Å². The monoisotopic (exact) mass is 192 g/mol. The molecule has 4 nitrogen and oxygen atoms in total. The third-order valence-electron chi connectivity index (χ3n) is 2.05. The van der Waals surface area contributed by atoms with Gasteiger partial charge in [0.15, 0.2) is 0 Å². The number of pyridine rings is 1. The zero-order chi connectivity index (χ0) is 10.7. The highest BCUT2D eigenvalue weighted by Gasteiger charge is 2.14. The molecule has 0 unspecified atom stereocenters. The first-order valence-electron chi connectivity index (χ1n) is 4.24. The molecule has 5 heteroatoms. The second kappa shape index (κ2) is 4.26. The van der Waals surface area contributed by atoms with Crippen LogP contribution < -0.4 is 11.0 Å². The molecule has 0 bridgehead atoms. The summed E-state index contributed by atoms with van der Waals surface area (Å²) in [5.74, 6) is 0. The molecule has 0 amide bonds. The zero-order valence-corrected chi connectivity index (χ0v) is 8.31. The normalized spacial score (nSPS) is 11.6. The summed E-state index contributed by atoms with van der Waals surface area (Å²) in [5.41, 5.74) is 1.97. The van der Waals surface area contributed by atoms with Crippen molar-refractivity contribution in [2.75, 3.05) is 7.05 Å². The zero-order valence-electron chi connectivity index (χ0n) is 8.31. The standard InChI is InChI=1S/C9H13BN2O2/c1-4-12-6-8(10(13)14)7(2)5-9(12)11-3/h4-6,13-14H,1H2,2-3H3. The van der Waals surface area contributed by atoms with E-state index in [-0.39, 0.29) is 0 Å². The second-order valence-corrected chi connectivity index (χ2v) is 2.96. The van der Waals surface area contributed by atoms with Crippen LogP contribution in [0.5, 0.6) is 0 Å². The third kappa shape index (κ3) is 1.94. The summed E-state index contributed by atoms with van der Waals surface area (Å²) in [6.45, 7) is 5.41. The molecule has 0 spiro atoms. The summed E-state index contributed by atoms with van der Waals surface area (Å²) in [7, 11) is 0.205. The first kappa shape index (κ1) is 10.8. The van der Waals surface area contributed by atoms with Crippen molar-refractivity contribution in [3.05, 3.63) is 29.9 Å². The average molecular weight is 192 g/mol. The molecule has 1 aromatic heterocycles. The molecule has 0 saturated heterocycles. The van der Waals surface area contributed by atoms with Crippen LogP contribution in [0.3, 0.4) is 0 Å². The summed E-state index contributed by atoms with van der Waals surface area (Å²) in [6, 6.07) is 1.77. The molecule has 2 N–H and O–H groups in total. The Hall–Kier alpha value is -1.33. The first-order chi connectivity index (χ1) is 6.60. The van der Waals surface area contributed by atoms with Crippen LogP contribution in [-0.2, 0) is 0 Å². The molecule has 1 rings (SSSR count). The molecule has 0 aliphatic carbocycles. The minimum atomic E-state index is -1.47. The van der Waals surface area contributed by atoms with Crippen molar-refractivity contribution in [2.24, 2.45) is 4.99 Å². The van der Waals surface area contributed by atoms with E-state index < -0.39 is 7.12 Å². The predicted octanol–water partition coefficient (Wildman–Crippen LogP) is -0.893. The Morgan fingerprint density at radius 3 is 2.64 bits per heavy atom. The molecule has 0 aromatic carbocycles. The van der Waals surface area contributed by atoms with Crippen molar-refractivity contribution in [1.82, 2.24) is 4.57 Å². The van der Waals surface area contributed by atoms with Gasteiger partial charge < -0.3 is 14.6 Å². The van der Waals surface area contributed by atoms with Gasteiger partial charge in [-0.2, -0.15) is 0 Å². The van der Waals surface area contributed by atoms with Crippen LogP contribution in [0.15, 0.2) is 23.8 Å². The highest BCUT2D eigenvalue weighted by molar-refractivity contribution is 6.59. The fourth-order valence-electron chi connectivity index (χ4n) is 1.27. The van der Waals surface area contributed by atoms with E-state index in [0.29, 0.717) is 5.46 Å². The average Bonchev–Trinajstić information content (AvgIpc) is 2.16. The van der Waals surface area contributed by atoms with Gasteiger partial charge in [-0.05, 0) is 18.6 Å². The summed E-state index contributed by atoms with van der Waals surface area (Å²) in [4.78, 5) is 4.03. The topological polar surface area (TPSA) is 57.8 Å². The largest absolute Gasteiger partial charge is 0.490 e. The molecule has 14 heavy (non-hydrogen) atoms. The van der Waals surface area contributed by atoms with Crippen LogP contribution in [0.25, 0.3) is 6.20 Å². The molecule has 0 aliphatic rings. The van der Waals surface area contributed by atoms with Crippen molar-refractivity contribution in [1.29, 1.82) is 0 Å². The highest BCUT2D eigenvalue weighted by Crippen LogP contribution is 1.91. The van der Waals surface area contributed by atoms with Crippen LogP contribution in [-0.4, -0.2) is 28.8 Å². The van der Waals surface area contributed by atoms with Crippen molar-refractivity contribution >= 4 is 18.8 Å². The Balaban J connectivity index is 3.46. The lowest BCUT2D eigenvalue weighted by Gasteiger charge is -2.08. The van der Waals surface area contributed by atoms with E-state index in [9.17, 15) is 0 Å². The molecular formula is C9H13BN2O2. The number of aryl methyl sites for hydroxylation is 1. The van der Waals surface area contributed by atoms with Gasteiger partial charge in [-0.3, -0.25) is 4.99 Å². The smallest absolute Gasteiger partial charge is 0.423 e. The van der Waals surface area contributed by atoms with E-state index in [1.165, 1.54) is 0 Å². The molecule has 1 heterocycles. The van der Waals surface area contributed by atoms with Gasteiger partial charge in [0.05, 0.1) is 0 Å². The highest BCUT2D eigenvalue weighted by atomic mass is 16.4. The second-order valence-electron chi connectivity index (χ2n) is 2.96. The van der Waals surface area contributed by atoms with Gasteiger partial charge in [0.25, 0.3) is 0 Å². The number of rotatable bonds is 2.